The number of carbonyl (C=O) groups is 2. The van der Waals surface area contributed by atoms with Crippen LogP contribution in [-0.4, -0.2) is 30.8 Å². The van der Waals surface area contributed by atoms with Crippen LogP contribution >= 0.6 is 0 Å². The van der Waals surface area contributed by atoms with Crippen molar-refractivity contribution in [1.29, 1.82) is 0 Å². The first-order valence-corrected chi connectivity index (χ1v) is 4.87. The van der Waals surface area contributed by atoms with E-state index in [0.29, 0.717) is 5.75 Å². The van der Waals surface area contributed by atoms with Crippen LogP contribution in [0, 0.1) is 0 Å². The van der Waals surface area contributed by atoms with E-state index in [2.05, 4.69) is 5.32 Å². The monoisotopic (exact) mass is 239 g/mol. The fourth-order valence-corrected chi connectivity index (χ4v) is 1.07. The van der Waals surface area contributed by atoms with Gasteiger partial charge < -0.3 is 19.9 Å². The van der Waals surface area contributed by atoms with Crippen molar-refractivity contribution in [3.63, 3.8) is 0 Å². The van der Waals surface area contributed by atoms with Gasteiger partial charge in [0.05, 0.1) is 7.11 Å². The van der Waals surface area contributed by atoms with E-state index in [9.17, 15) is 9.59 Å². The van der Waals surface area contributed by atoms with Crippen LogP contribution in [0.15, 0.2) is 24.3 Å². The molecule has 6 nitrogen and oxygen atoms in total. The maximum absolute atomic E-state index is 11.0. The third-order valence-electron chi connectivity index (χ3n) is 1.91. The number of ether oxygens (including phenoxy) is 2. The zero-order valence-corrected chi connectivity index (χ0v) is 9.30. The Balaban J connectivity index is 2.34. The zero-order valence-electron chi connectivity index (χ0n) is 9.30. The quantitative estimate of drug-likeness (QED) is 0.800. The van der Waals surface area contributed by atoms with Gasteiger partial charge in [-0.1, -0.05) is 12.1 Å². The number of nitrogens with one attached hydrogen (secondary N) is 1. The summed E-state index contributed by atoms with van der Waals surface area (Å²) in [7, 11) is 1.56. The molecule has 0 aromatic heterocycles. The molecule has 6 heteroatoms. The van der Waals surface area contributed by atoms with Crippen molar-refractivity contribution >= 4 is 12.1 Å². The van der Waals surface area contributed by atoms with E-state index in [1.165, 1.54) is 0 Å². The third kappa shape index (κ3) is 4.87. The maximum atomic E-state index is 11.0. The number of rotatable bonds is 5. The topological polar surface area (TPSA) is 84.9 Å². The Morgan fingerprint density at radius 2 is 1.94 bits per heavy atom. The van der Waals surface area contributed by atoms with Gasteiger partial charge in [0.15, 0.2) is 0 Å². The molecule has 92 valence electrons. The number of methoxy groups -OCH3 is 1. The van der Waals surface area contributed by atoms with Crippen LogP contribution in [0.5, 0.6) is 5.75 Å². The SMILES string of the molecule is COc1ccc(COC(=O)NCC(=O)O)cc1. The number of carboxylic acids is 1. The van der Waals surface area contributed by atoms with E-state index < -0.39 is 18.6 Å². The number of carbonyl (C=O) groups excluding carboxylic acids is 1. The third-order valence-corrected chi connectivity index (χ3v) is 1.91. The fraction of sp³-hybridized carbons (Fsp3) is 0.273. The molecule has 0 aliphatic rings. The molecule has 1 rings (SSSR count). The number of amides is 1. The second-order valence-corrected chi connectivity index (χ2v) is 3.17. The minimum atomic E-state index is -1.12. The Morgan fingerprint density at radius 1 is 1.29 bits per heavy atom. The van der Waals surface area contributed by atoms with Crippen molar-refractivity contribution in [2.45, 2.75) is 6.61 Å². The highest BCUT2D eigenvalue weighted by atomic mass is 16.5. The molecule has 0 atom stereocenters. The summed E-state index contributed by atoms with van der Waals surface area (Å²) < 4.78 is 9.77. The molecule has 0 saturated carbocycles. The molecule has 0 spiro atoms. The Kier molecular flexibility index (Phi) is 4.80. The molecule has 0 unspecified atom stereocenters. The van der Waals surface area contributed by atoms with Gasteiger partial charge in [-0.05, 0) is 17.7 Å². The molecule has 0 saturated heterocycles. The second kappa shape index (κ2) is 6.37. The van der Waals surface area contributed by atoms with Gasteiger partial charge in [0.25, 0.3) is 0 Å². The summed E-state index contributed by atoms with van der Waals surface area (Å²) in [5.74, 6) is -0.407. The summed E-state index contributed by atoms with van der Waals surface area (Å²) in [5.41, 5.74) is 0.788. The van der Waals surface area contributed by atoms with Crippen molar-refractivity contribution in [2.75, 3.05) is 13.7 Å². The number of hydrogen-bond donors (Lipinski definition) is 2. The molecule has 0 aliphatic heterocycles. The highest BCUT2D eigenvalue weighted by Crippen LogP contribution is 2.11. The summed E-state index contributed by atoms with van der Waals surface area (Å²) >= 11 is 0. The molecular formula is C11H13NO5. The van der Waals surface area contributed by atoms with E-state index in [-0.39, 0.29) is 6.61 Å². The lowest BCUT2D eigenvalue weighted by atomic mass is 10.2. The number of aliphatic carboxylic acids is 1. The lowest BCUT2D eigenvalue weighted by Gasteiger charge is -2.06. The first-order valence-electron chi connectivity index (χ1n) is 4.87. The Hall–Kier alpha value is -2.24. The molecule has 0 bridgehead atoms. The first-order chi connectivity index (χ1) is 8.11. The minimum Gasteiger partial charge on any atom is -0.497 e. The summed E-state index contributed by atoms with van der Waals surface area (Å²) in [5, 5.41) is 10.4. The Labute approximate surface area is 98.2 Å². The molecule has 17 heavy (non-hydrogen) atoms. The van der Waals surface area contributed by atoms with Crippen molar-refractivity contribution in [2.24, 2.45) is 0 Å². The predicted molar refractivity (Wildman–Crippen MR) is 58.8 cm³/mol. The van der Waals surface area contributed by atoms with E-state index in [0.717, 1.165) is 5.56 Å². The van der Waals surface area contributed by atoms with Crippen LogP contribution in [-0.2, 0) is 16.1 Å². The lowest BCUT2D eigenvalue weighted by Crippen LogP contribution is -2.29. The van der Waals surface area contributed by atoms with Crippen molar-refractivity contribution in [3.8, 4) is 5.75 Å². The minimum absolute atomic E-state index is 0.0788. The van der Waals surface area contributed by atoms with Crippen molar-refractivity contribution < 1.29 is 24.2 Å². The molecule has 0 aliphatic carbocycles. The van der Waals surface area contributed by atoms with Crippen LogP contribution in [0.3, 0.4) is 0 Å². The number of alkyl carbamates (subject to hydrolysis) is 1. The van der Waals surface area contributed by atoms with E-state index in [1.807, 2.05) is 0 Å². The summed E-state index contributed by atoms with van der Waals surface area (Å²) in [6.45, 7) is -0.378. The summed E-state index contributed by atoms with van der Waals surface area (Å²) in [4.78, 5) is 21.2. The number of carboxylic acid groups (broad SMARTS) is 1. The molecule has 0 radical (unpaired) electrons. The molecular weight excluding hydrogens is 226 g/mol. The maximum Gasteiger partial charge on any atom is 0.407 e. The van der Waals surface area contributed by atoms with Gasteiger partial charge in [-0.25, -0.2) is 4.79 Å². The number of hydrogen-bond acceptors (Lipinski definition) is 4. The normalized spacial score (nSPS) is 9.47. The highest BCUT2D eigenvalue weighted by Gasteiger charge is 2.04. The van der Waals surface area contributed by atoms with Gasteiger partial charge in [0.1, 0.15) is 18.9 Å². The smallest absolute Gasteiger partial charge is 0.407 e. The van der Waals surface area contributed by atoms with Gasteiger partial charge in [-0.15, -0.1) is 0 Å². The van der Waals surface area contributed by atoms with Gasteiger partial charge in [0, 0.05) is 0 Å². The van der Waals surface area contributed by atoms with E-state index in [1.54, 1.807) is 31.4 Å². The van der Waals surface area contributed by atoms with Gasteiger partial charge in [-0.3, -0.25) is 4.79 Å². The first kappa shape index (κ1) is 12.8. The van der Waals surface area contributed by atoms with Gasteiger partial charge >= 0.3 is 12.1 Å². The van der Waals surface area contributed by atoms with Gasteiger partial charge in [0.2, 0.25) is 0 Å². The molecule has 1 aromatic rings. The van der Waals surface area contributed by atoms with Crippen LogP contribution in [0.1, 0.15) is 5.56 Å². The van der Waals surface area contributed by atoms with Crippen molar-refractivity contribution in [1.82, 2.24) is 5.32 Å². The largest absolute Gasteiger partial charge is 0.497 e. The van der Waals surface area contributed by atoms with Gasteiger partial charge in [-0.2, -0.15) is 0 Å². The molecule has 1 amide bonds. The highest BCUT2D eigenvalue weighted by molar-refractivity contribution is 5.76. The Morgan fingerprint density at radius 3 is 2.47 bits per heavy atom. The average molecular weight is 239 g/mol. The molecule has 1 aromatic carbocycles. The molecule has 0 heterocycles. The molecule has 0 fully saturated rings. The van der Waals surface area contributed by atoms with Crippen LogP contribution in [0.4, 0.5) is 4.79 Å². The van der Waals surface area contributed by atoms with Crippen LogP contribution in [0.25, 0.3) is 0 Å². The average Bonchev–Trinajstić information content (AvgIpc) is 2.34. The second-order valence-electron chi connectivity index (χ2n) is 3.17. The summed E-state index contributed by atoms with van der Waals surface area (Å²) in [6, 6.07) is 6.99. The van der Waals surface area contributed by atoms with Crippen LogP contribution < -0.4 is 10.1 Å². The number of benzene rings is 1. The van der Waals surface area contributed by atoms with Crippen LogP contribution in [0.2, 0.25) is 0 Å². The summed E-state index contributed by atoms with van der Waals surface area (Å²) in [6.07, 6.45) is -0.761. The fourth-order valence-electron chi connectivity index (χ4n) is 1.07. The molecule has 2 N–H and O–H groups in total. The van der Waals surface area contributed by atoms with E-state index in [4.69, 9.17) is 14.6 Å². The standard InChI is InChI=1S/C11H13NO5/c1-16-9-4-2-8(3-5-9)7-17-11(15)12-6-10(13)14/h2-5H,6-7H2,1H3,(H,12,15)(H,13,14). The zero-order chi connectivity index (χ0) is 12.7. The predicted octanol–water partition coefficient (Wildman–Crippen LogP) is 1.01. The lowest BCUT2D eigenvalue weighted by molar-refractivity contribution is -0.135. The van der Waals surface area contributed by atoms with Crippen molar-refractivity contribution in [3.05, 3.63) is 29.8 Å². The Bertz CT molecular complexity index is 387. The van der Waals surface area contributed by atoms with E-state index >= 15 is 0 Å².